The molecule has 0 radical (unpaired) electrons. The van der Waals surface area contributed by atoms with Gasteiger partial charge in [0.05, 0.1) is 11.4 Å². The van der Waals surface area contributed by atoms with Crippen LogP contribution in [0.1, 0.15) is 34.9 Å². The zero-order chi connectivity index (χ0) is 22.9. The first-order valence-electron chi connectivity index (χ1n) is 9.80. The first kappa shape index (κ1) is 23.0. The molecule has 0 saturated heterocycles. The Balaban J connectivity index is 1.99. The summed E-state index contributed by atoms with van der Waals surface area (Å²) in [5.41, 5.74) is 2.01. The smallest absolute Gasteiger partial charge is 0.265 e. The number of aryl methyl sites for hydroxylation is 1. The van der Waals surface area contributed by atoms with Crippen molar-refractivity contribution in [2.75, 3.05) is 17.8 Å². The van der Waals surface area contributed by atoms with Crippen LogP contribution in [0.3, 0.4) is 0 Å². The van der Waals surface area contributed by atoms with Gasteiger partial charge in [-0.1, -0.05) is 0 Å². The third kappa shape index (κ3) is 4.49. The number of anilines is 1. The standard InChI is InChI=1S/C21H25FN4O3S2/c1-6-26(7-2)21(27)19-13(3)23-20(30-19)17-12-18(14(4)25(17)5)31(28,29)24-16-10-8-15(22)9-11-16/h8-12,24H,6-7H2,1-5H3. The fourth-order valence-corrected chi connectivity index (χ4v) is 5.67. The van der Waals surface area contributed by atoms with Crippen molar-refractivity contribution in [1.29, 1.82) is 0 Å². The van der Waals surface area contributed by atoms with Gasteiger partial charge in [-0.15, -0.1) is 11.3 Å². The number of amides is 1. The van der Waals surface area contributed by atoms with Gasteiger partial charge in [-0.25, -0.2) is 17.8 Å². The SMILES string of the molecule is CCN(CC)C(=O)c1sc(-c2cc(S(=O)(=O)Nc3ccc(F)cc3)c(C)n2C)nc1C. The first-order valence-corrected chi connectivity index (χ1v) is 12.1. The molecule has 0 spiro atoms. The summed E-state index contributed by atoms with van der Waals surface area (Å²) in [4.78, 5) is 19.7. The summed E-state index contributed by atoms with van der Waals surface area (Å²) in [5, 5.41) is 0.571. The molecule has 1 N–H and O–H groups in total. The van der Waals surface area contributed by atoms with Crippen LogP contribution in [0.15, 0.2) is 35.2 Å². The average Bonchev–Trinajstić information content (AvgIpc) is 3.25. The van der Waals surface area contributed by atoms with E-state index in [1.807, 2.05) is 13.8 Å². The summed E-state index contributed by atoms with van der Waals surface area (Å²) in [6.45, 7) is 8.52. The van der Waals surface area contributed by atoms with Gasteiger partial charge < -0.3 is 9.47 Å². The number of hydrogen-bond donors (Lipinski definition) is 1. The second-order valence-electron chi connectivity index (χ2n) is 7.06. The molecule has 3 rings (SSSR count). The largest absolute Gasteiger partial charge is 0.345 e. The molecular weight excluding hydrogens is 439 g/mol. The minimum absolute atomic E-state index is 0.0806. The first-order chi connectivity index (χ1) is 14.6. The topological polar surface area (TPSA) is 84.3 Å². The van der Waals surface area contributed by atoms with Crippen LogP contribution in [0.4, 0.5) is 10.1 Å². The van der Waals surface area contributed by atoms with Crippen LogP contribution < -0.4 is 4.72 Å². The van der Waals surface area contributed by atoms with Crippen LogP contribution in [0.25, 0.3) is 10.7 Å². The molecule has 0 aliphatic carbocycles. The number of sulfonamides is 1. The molecule has 1 aromatic carbocycles. The molecule has 3 aromatic rings. The maximum Gasteiger partial charge on any atom is 0.265 e. The highest BCUT2D eigenvalue weighted by atomic mass is 32.2. The summed E-state index contributed by atoms with van der Waals surface area (Å²) < 4.78 is 43.2. The van der Waals surface area contributed by atoms with Crippen molar-refractivity contribution in [2.45, 2.75) is 32.6 Å². The minimum atomic E-state index is -3.90. The van der Waals surface area contributed by atoms with Crippen LogP contribution in [0, 0.1) is 19.7 Å². The maximum atomic E-state index is 13.1. The number of benzene rings is 1. The average molecular weight is 465 g/mol. The van der Waals surface area contributed by atoms with Gasteiger partial charge >= 0.3 is 0 Å². The molecule has 7 nitrogen and oxygen atoms in total. The zero-order valence-corrected chi connectivity index (χ0v) is 19.7. The van der Waals surface area contributed by atoms with E-state index >= 15 is 0 Å². The van der Waals surface area contributed by atoms with E-state index in [9.17, 15) is 17.6 Å². The van der Waals surface area contributed by atoms with Crippen molar-refractivity contribution >= 4 is 33.0 Å². The van der Waals surface area contributed by atoms with Crippen LogP contribution in [-0.4, -0.2) is 41.9 Å². The molecule has 0 atom stereocenters. The summed E-state index contributed by atoms with van der Waals surface area (Å²) in [6, 6.07) is 6.65. The fourth-order valence-electron chi connectivity index (χ4n) is 3.24. The lowest BCUT2D eigenvalue weighted by atomic mass is 10.3. The molecule has 1 amide bonds. The number of aromatic nitrogens is 2. The lowest BCUT2D eigenvalue weighted by Gasteiger charge is -2.17. The Bertz CT molecular complexity index is 1210. The molecular formula is C21H25FN4O3S2. The van der Waals surface area contributed by atoms with E-state index in [0.717, 1.165) is 0 Å². The number of halogens is 1. The number of carbonyl (C=O) groups excluding carboxylic acids is 1. The number of rotatable bonds is 7. The van der Waals surface area contributed by atoms with E-state index in [4.69, 9.17) is 0 Å². The summed E-state index contributed by atoms with van der Waals surface area (Å²) in [7, 11) is -2.14. The van der Waals surface area contributed by atoms with Crippen molar-refractivity contribution in [3.8, 4) is 10.7 Å². The lowest BCUT2D eigenvalue weighted by Crippen LogP contribution is -2.30. The second kappa shape index (κ2) is 8.80. The lowest BCUT2D eigenvalue weighted by molar-refractivity contribution is 0.0777. The van der Waals surface area contributed by atoms with Gasteiger partial charge in [0.1, 0.15) is 20.6 Å². The normalized spacial score (nSPS) is 11.5. The Hall–Kier alpha value is -2.72. The maximum absolute atomic E-state index is 13.1. The van der Waals surface area contributed by atoms with Gasteiger partial charge in [-0.2, -0.15) is 0 Å². The second-order valence-corrected chi connectivity index (χ2v) is 9.71. The molecule has 0 saturated carbocycles. The summed E-state index contributed by atoms with van der Waals surface area (Å²) in [6.07, 6.45) is 0. The Labute approximate surface area is 185 Å². The molecule has 31 heavy (non-hydrogen) atoms. The molecule has 2 heterocycles. The number of thiazole rings is 1. The summed E-state index contributed by atoms with van der Waals surface area (Å²) >= 11 is 1.25. The van der Waals surface area contributed by atoms with E-state index in [-0.39, 0.29) is 16.5 Å². The van der Waals surface area contributed by atoms with Crippen molar-refractivity contribution < 1.29 is 17.6 Å². The highest BCUT2D eigenvalue weighted by molar-refractivity contribution is 7.92. The van der Waals surface area contributed by atoms with Crippen LogP contribution >= 0.6 is 11.3 Å². The van der Waals surface area contributed by atoms with E-state index in [0.29, 0.717) is 40.1 Å². The number of nitrogens with one attached hydrogen (secondary N) is 1. The third-order valence-electron chi connectivity index (χ3n) is 5.14. The van der Waals surface area contributed by atoms with E-state index < -0.39 is 15.8 Å². The quantitative estimate of drug-likeness (QED) is 0.568. The Kier molecular flexibility index (Phi) is 6.51. The molecule has 2 aromatic heterocycles. The molecule has 0 bridgehead atoms. The van der Waals surface area contributed by atoms with Crippen molar-refractivity contribution in [2.24, 2.45) is 7.05 Å². The van der Waals surface area contributed by atoms with Gasteiger partial charge in [-0.3, -0.25) is 9.52 Å². The Morgan fingerprint density at radius 2 is 1.81 bits per heavy atom. The molecule has 0 aliphatic heterocycles. The van der Waals surface area contributed by atoms with Gasteiger partial charge in [0.2, 0.25) is 0 Å². The van der Waals surface area contributed by atoms with Crippen molar-refractivity contribution in [3.63, 3.8) is 0 Å². The monoisotopic (exact) mass is 464 g/mol. The Morgan fingerprint density at radius 1 is 1.19 bits per heavy atom. The highest BCUT2D eigenvalue weighted by Crippen LogP contribution is 2.33. The molecule has 0 unspecified atom stereocenters. The zero-order valence-electron chi connectivity index (χ0n) is 18.1. The highest BCUT2D eigenvalue weighted by Gasteiger charge is 2.26. The number of nitrogens with zero attached hydrogens (tertiary/aromatic N) is 3. The summed E-state index contributed by atoms with van der Waals surface area (Å²) in [5.74, 6) is -0.529. The van der Waals surface area contributed by atoms with E-state index in [1.54, 1.807) is 36.4 Å². The number of hydrogen-bond acceptors (Lipinski definition) is 5. The molecule has 166 valence electrons. The van der Waals surface area contributed by atoms with Crippen LogP contribution in [-0.2, 0) is 17.1 Å². The van der Waals surface area contributed by atoms with Crippen LogP contribution in [0.2, 0.25) is 0 Å². The van der Waals surface area contributed by atoms with Crippen molar-refractivity contribution in [1.82, 2.24) is 14.5 Å². The molecule has 0 aliphatic rings. The Morgan fingerprint density at radius 3 is 2.39 bits per heavy atom. The fraction of sp³-hybridized carbons (Fsp3) is 0.333. The predicted molar refractivity (Wildman–Crippen MR) is 120 cm³/mol. The van der Waals surface area contributed by atoms with Gasteiger partial charge in [0.25, 0.3) is 15.9 Å². The third-order valence-corrected chi connectivity index (χ3v) is 7.80. The van der Waals surface area contributed by atoms with Gasteiger partial charge in [-0.05, 0) is 58.0 Å². The minimum Gasteiger partial charge on any atom is -0.345 e. The van der Waals surface area contributed by atoms with Crippen LogP contribution in [0.5, 0.6) is 0 Å². The number of carbonyl (C=O) groups is 1. The van der Waals surface area contributed by atoms with Crippen molar-refractivity contribution in [3.05, 3.63) is 52.4 Å². The molecule has 10 heteroatoms. The van der Waals surface area contributed by atoms with E-state index in [2.05, 4.69) is 9.71 Å². The van der Waals surface area contributed by atoms with E-state index in [1.165, 1.54) is 35.6 Å². The molecule has 0 fully saturated rings. The van der Waals surface area contributed by atoms with Gasteiger partial charge in [0.15, 0.2) is 0 Å². The predicted octanol–water partition coefficient (Wildman–Crippen LogP) is 4.19. The van der Waals surface area contributed by atoms with Gasteiger partial charge in [0, 0.05) is 31.5 Å².